The second kappa shape index (κ2) is 5.17. The normalized spacial score (nSPS) is 14.9. The van der Waals surface area contributed by atoms with Crippen molar-refractivity contribution in [2.75, 3.05) is 11.4 Å². The van der Waals surface area contributed by atoms with Crippen molar-refractivity contribution in [3.8, 4) is 0 Å². The maximum Gasteiger partial charge on any atom is 0.267 e. The highest BCUT2D eigenvalue weighted by Gasteiger charge is 2.18. The predicted molar refractivity (Wildman–Crippen MR) is 78.4 cm³/mol. The minimum atomic E-state index is -0.137. The number of hydrogen-bond acceptors (Lipinski definition) is 3. The van der Waals surface area contributed by atoms with Crippen LogP contribution in [0, 0.1) is 0 Å². The van der Waals surface area contributed by atoms with Gasteiger partial charge in [0.1, 0.15) is 4.47 Å². The summed E-state index contributed by atoms with van der Waals surface area (Å²) in [6, 6.07) is 8.46. The summed E-state index contributed by atoms with van der Waals surface area (Å²) in [6.07, 6.45) is 3.60. The SMILES string of the molecule is O=c1[nH]cnc(N2CCCc3ccccc3C2)c1Br. The number of nitrogens with one attached hydrogen (secondary N) is 1. The molecule has 3 rings (SSSR count). The van der Waals surface area contributed by atoms with Crippen LogP contribution >= 0.6 is 15.9 Å². The van der Waals surface area contributed by atoms with E-state index < -0.39 is 0 Å². The van der Waals surface area contributed by atoms with E-state index in [2.05, 4.69) is 55.1 Å². The van der Waals surface area contributed by atoms with Crippen LogP contribution in [0.3, 0.4) is 0 Å². The van der Waals surface area contributed by atoms with Crippen LogP contribution < -0.4 is 10.5 Å². The summed E-state index contributed by atoms with van der Waals surface area (Å²) in [7, 11) is 0. The summed E-state index contributed by atoms with van der Waals surface area (Å²) in [5.41, 5.74) is 2.57. The van der Waals surface area contributed by atoms with Gasteiger partial charge in [0.05, 0.1) is 6.33 Å². The highest BCUT2D eigenvalue weighted by Crippen LogP contribution is 2.25. The standard InChI is InChI=1S/C14H14BrN3O/c15-12-13(16-9-17-14(12)19)18-7-3-6-10-4-1-2-5-11(10)8-18/h1-2,4-5,9H,3,6-8H2,(H,16,17,19). The molecule has 5 heteroatoms. The summed E-state index contributed by atoms with van der Waals surface area (Å²) in [5, 5.41) is 0. The Kier molecular flexibility index (Phi) is 3.38. The number of aryl methyl sites for hydroxylation is 1. The number of nitrogens with zero attached hydrogens (tertiary/aromatic N) is 2. The van der Waals surface area contributed by atoms with Crippen molar-refractivity contribution in [1.82, 2.24) is 9.97 Å². The molecule has 1 aromatic carbocycles. The fourth-order valence-corrected chi connectivity index (χ4v) is 2.94. The summed E-state index contributed by atoms with van der Waals surface area (Å²) in [5.74, 6) is 0.723. The third-order valence-electron chi connectivity index (χ3n) is 3.43. The van der Waals surface area contributed by atoms with E-state index in [4.69, 9.17) is 0 Å². The van der Waals surface area contributed by atoms with Gasteiger partial charge in [-0.3, -0.25) is 4.79 Å². The highest BCUT2D eigenvalue weighted by molar-refractivity contribution is 9.10. The van der Waals surface area contributed by atoms with Gasteiger partial charge >= 0.3 is 0 Å². The topological polar surface area (TPSA) is 49.0 Å². The van der Waals surface area contributed by atoms with Crippen LogP contribution in [0.4, 0.5) is 5.82 Å². The Bertz CT molecular complexity index is 653. The van der Waals surface area contributed by atoms with Crippen molar-refractivity contribution in [3.05, 3.63) is 56.5 Å². The lowest BCUT2D eigenvalue weighted by Gasteiger charge is -2.22. The van der Waals surface area contributed by atoms with Gasteiger partial charge in [0.15, 0.2) is 5.82 Å². The number of aromatic amines is 1. The Morgan fingerprint density at radius 3 is 2.89 bits per heavy atom. The molecule has 0 amide bonds. The number of aromatic nitrogens is 2. The summed E-state index contributed by atoms with van der Waals surface area (Å²) >= 11 is 3.33. The summed E-state index contributed by atoms with van der Waals surface area (Å²) < 4.78 is 0.509. The molecular formula is C14H14BrN3O. The molecular weight excluding hydrogens is 306 g/mol. The first-order valence-electron chi connectivity index (χ1n) is 6.30. The molecule has 1 aromatic heterocycles. The number of hydrogen-bond donors (Lipinski definition) is 1. The van der Waals surface area contributed by atoms with E-state index >= 15 is 0 Å². The monoisotopic (exact) mass is 319 g/mol. The Morgan fingerprint density at radius 2 is 2.05 bits per heavy atom. The molecule has 2 heterocycles. The minimum absolute atomic E-state index is 0.137. The Morgan fingerprint density at radius 1 is 1.26 bits per heavy atom. The van der Waals surface area contributed by atoms with Crippen LogP contribution in [0.2, 0.25) is 0 Å². The van der Waals surface area contributed by atoms with Gasteiger partial charge in [0, 0.05) is 13.1 Å². The average molecular weight is 320 g/mol. The van der Waals surface area contributed by atoms with Crippen LogP contribution in [-0.2, 0) is 13.0 Å². The lowest BCUT2D eigenvalue weighted by atomic mass is 10.0. The Labute approximate surface area is 119 Å². The Balaban J connectivity index is 1.99. The molecule has 1 aliphatic rings. The van der Waals surface area contributed by atoms with E-state index in [1.807, 2.05) is 0 Å². The average Bonchev–Trinajstić information content (AvgIpc) is 2.64. The molecule has 0 radical (unpaired) electrons. The van der Waals surface area contributed by atoms with Gasteiger partial charge in [0.2, 0.25) is 0 Å². The zero-order valence-corrected chi connectivity index (χ0v) is 12.0. The number of fused-ring (bicyclic) bond motifs is 1. The van der Waals surface area contributed by atoms with Gasteiger partial charge in [-0.1, -0.05) is 24.3 Å². The van der Waals surface area contributed by atoms with Gasteiger partial charge in [-0.2, -0.15) is 0 Å². The van der Waals surface area contributed by atoms with Gasteiger partial charge in [-0.15, -0.1) is 0 Å². The smallest absolute Gasteiger partial charge is 0.267 e. The summed E-state index contributed by atoms with van der Waals surface area (Å²) in [6.45, 7) is 1.70. The number of benzene rings is 1. The molecule has 0 unspecified atom stereocenters. The van der Waals surface area contributed by atoms with E-state index in [1.54, 1.807) is 0 Å². The van der Waals surface area contributed by atoms with Gasteiger partial charge in [-0.05, 0) is 39.9 Å². The Hall–Kier alpha value is -1.62. The molecule has 0 fully saturated rings. The van der Waals surface area contributed by atoms with Crippen LogP contribution in [0.1, 0.15) is 17.5 Å². The maximum atomic E-state index is 11.6. The molecule has 0 atom stereocenters. The van der Waals surface area contributed by atoms with Crippen molar-refractivity contribution in [3.63, 3.8) is 0 Å². The van der Waals surface area contributed by atoms with Crippen LogP contribution in [0.25, 0.3) is 0 Å². The van der Waals surface area contributed by atoms with Crippen molar-refractivity contribution in [2.45, 2.75) is 19.4 Å². The van der Waals surface area contributed by atoms with Gasteiger partial charge in [0.25, 0.3) is 5.56 Å². The second-order valence-electron chi connectivity index (χ2n) is 4.66. The highest BCUT2D eigenvalue weighted by atomic mass is 79.9. The van der Waals surface area contributed by atoms with E-state index in [9.17, 15) is 4.79 Å². The molecule has 4 nitrogen and oxygen atoms in total. The zero-order chi connectivity index (χ0) is 13.2. The molecule has 2 aromatic rings. The first kappa shape index (κ1) is 12.4. The lowest BCUT2D eigenvalue weighted by molar-refractivity contribution is 0.749. The largest absolute Gasteiger partial charge is 0.351 e. The molecule has 0 saturated carbocycles. The van der Waals surface area contributed by atoms with Crippen molar-refractivity contribution in [1.29, 1.82) is 0 Å². The van der Waals surface area contributed by atoms with E-state index in [-0.39, 0.29) is 5.56 Å². The molecule has 0 bridgehead atoms. The summed E-state index contributed by atoms with van der Waals surface area (Å²) in [4.78, 5) is 20.7. The van der Waals surface area contributed by atoms with Gasteiger partial charge < -0.3 is 9.88 Å². The van der Waals surface area contributed by atoms with Crippen molar-refractivity contribution >= 4 is 21.7 Å². The zero-order valence-electron chi connectivity index (χ0n) is 10.4. The minimum Gasteiger partial charge on any atom is -0.351 e. The first-order valence-corrected chi connectivity index (χ1v) is 7.10. The fourth-order valence-electron chi connectivity index (χ4n) is 2.48. The second-order valence-corrected chi connectivity index (χ2v) is 5.46. The van der Waals surface area contributed by atoms with E-state index in [1.165, 1.54) is 17.5 Å². The van der Waals surface area contributed by atoms with E-state index in [0.29, 0.717) is 4.47 Å². The third kappa shape index (κ3) is 2.42. The molecule has 1 aliphatic heterocycles. The number of halogens is 1. The number of anilines is 1. The third-order valence-corrected chi connectivity index (χ3v) is 4.15. The fraction of sp³-hybridized carbons (Fsp3) is 0.286. The van der Waals surface area contributed by atoms with Crippen molar-refractivity contribution < 1.29 is 0 Å². The van der Waals surface area contributed by atoms with Crippen LogP contribution in [0.5, 0.6) is 0 Å². The number of H-pyrrole nitrogens is 1. The lowest BCUT2D eigenvalue weighted by Crippen LogP contribution is -2.26. The van der Waals surface area contributed by atoms with Crippen molar-refractivity contribution in [2.24, 2.45) is 0 Å². The molecule has 1 N–H and O–H groups in total. The van der Waals surface area contributed by atoms with Crippen LogP contribution in [-0.4, -0.2) is 16.5 Å². The first-order chi connectivity index (χ1) is 9.25. The molecule has 0 spiro atoms. The molecule has 0 aliphatic carbocycles. The molecule has 0 saturated heterocycles. The predicted octanol–water partition coefficient (Wildman–Crippen LogP) is 2.49. The maximum absolute atomic E-state index is 11.6. The van der Waals surface area contributed by atoms with E-state index in [0.717, 1.165) is 31.7 Å². The van der Waals surface area contributed by atoms with Gasteiger partial charge in [-0.25, -0.2) is 4.98 Å². The molecule has 98 valence electrons. The van der Waals surface area contributed by atoms with Crippen LogP contribution in [0.15, 0.2) is 39.9 Å². The quantitative estimate of drug-likeness (QED) is 0.878. The molecule has 19 heavy (non-hydrogen) atoms. The number of rotatable bonds is 1.